The molecule has 0 aliphatic heterocycles. The van der Waals surface area contributed by atoms with Crippen molar-refractivity contribution >= 4 is 5.97 Å². The molecule has 1 fully saturated rings. The minimum Gasteiger partial charge on any atom is -0.458 e. The number of carbonyl (C=O) groups is 1. The van der Waals surface area contributed by atoms with Crippen LogP contribution in [0, 0.1) is 12.8 Å². The van der Waals surface area contributed by atoms with Gasteiger partial charge in [-0.25, -0.2) is 4.79 Å². The first kappa shape index (κ1) is 25.9. The van der Waals surface area contributed by atoms with Crippen molar-refractivity contribution in [3.05, 3.63) is 95.6 Å². The summed E-state index contributed by atoms with van der Waals surface area (Å²) in [5, 5.41) is 9.26. The molecule has 3 aromatic carbocycles. The maximum atomic E-state index is 11.6. The molecule has 0 radical (unpaired) electrons. The molecular weight excluding hydrogens is 444 g/mol. The van der Waals surface area contributed by atoms with Gasteiger partial charge in [0.2, 0.25) is 0 Å². The Balaban J connectivity index is 1.54. The first-order valence-corrected chi connectivity index (χ1v) is 13.2. The predicted molar refractivity (Wildman–Crippen MR) is 148 cm³/mol. The normalized spacial score (nSPS) is 17.5. The van der Waals surface area contributed by atoms with Gasteiger partial charge < -0.3 is 9.84 Å². The monoisotopic (exact) mass is 482 g/mol. The summed E-state index contributed by atoms with van der Waals surface area (Å²) in [7, 11) is 0. The standard InChI is InChI=1S/C33H38O3/c1-4-33(35)36-22-31-21-30(16-15-25(31)6-5-19-34)32-18-17-29(20-24(32)3)28-13-11-27(12-14-28)26-9-7-23(2)8-10-26/h4,11-18,20-21,23,26,34H,1,5-10,19,22H2,2-3H3. The molecular formula is C33H38O3. The Bertz CT molecular complexity index is 1180. The highest BCUT2D eigenvalue weighted by Crippen LogP contribution is 2.36. The number of carbonyl (C=O) groups excluding carboxylic acids is 1. The summed E-state index contributed by atoms with van der Waals surface area (Å²) >= 11 is 0. The lowest BCUT2D eigenvalue weighted by molar-refractivity contribution is -0.138. The van der Waals surface area contributed by atoms with Crippen molar-refractivity contribution in [2.75, 3.05) is 6.61 Å². The van der Waals surface area contributed by atoms with E-state index in [1.807, 2.05) is 0 Å². The molecule has 36 heavy (non-hydrogen) atoms. The number of aliphatic hydroxyl groups excluding tert-OH is 1. The number of ether oxygens (including phenoxy) is 1. The number of benzene rings is 3. The molecule has 0 atom stereocenters. The molecule has 1 aliphatic rings. The van der Waals surface area contributed by atoms with Crippen molar-refractivity contribution in [2.45, 2.75) is 64.9 Å². The average molecular weight is 483 g/mol. The van der Waals surface area contributed by atoms with Gasteiger partial charge in [-0.05, 0) is 95.0 Å². The number of aliphatic hydroxyl groups is 1. The Morgan fingerprint density at radius 1 is 0.944 bits per heavy atom. The van der Waals surface area contributed by atoms with Crippen LogP contribution in [0.5, 0.6) is 0 Å². The number of aryl methyl sites for hydroxylation is 2. The Morgan fingerprint density at radius 3 is 2.31 bits per heavy atom. The second-order valence-corrected chi connectivity index (χ2v) is 10.2. The first-order valence-electron chi connectivity index (χ1n) is 13.2. The fourth-order valence-electron chi connectivity index (χ4n) is 5.36. The van der Waals surface area contributed by atoms with E-state index in [9.17, 15) is 9.90 Å². The summed E-state index contributed by atoms with van der Waals surface area (Å²) in [6.07, 6.45) is 7.90. The molecule has 0 unspecified atom stereocenters. The number of hydrogen-bond acceptors (Lipinski definition) is 3. The summed E-state index contributed by atoms with van der Waals surface area (Å²) in [4.78, 5) is 11.6. The second kappa shape index (κ2) is 12.2. The first-order chi connectivity index (χ1) is 17.5. The minimum absolute atomic E-state index is 0.134. The molecule has 0 aromatic heterocycles. The Hall–Kier alpha value is -3.17. The fourth-order valence-corrected chi connectivity index (χ4v) is 5.36. The maximum Gasteiger partial charge on any atom is 0.330 e. The Kier molecular flexibility index (Phi) is 8.77. The highest BCUT2D eigenvalue weighted by atomic mass is 16.5. The Labute approximate surface area is 215 Å². The highest BCUT2D eigenvalue weighted by molar-refractivity contribution is 5.81. The second-order valence-electron chi connectivity index (χ2n) is 10.2. The highest BCUT2D eigenvalue weighted by Gasteiger charge is 2.19. The number of esters is 1. The zero-order valence-corrected chi connectivity index (χ0v) is 21.6. The van der Waals surface area contributed by atoms with Crippen molar-refractivity contribution in [3.63, 3.8) is 0 Å². The third-order valence-electron chi connectivity index (χ3n) is 7.62. The molecule has 3 nitrogen and oxygen atoms in total. The van der Waals surface area contributed by atoms with Crippen LogP contribution >= 0.6 is 0 Å². The third-order valence-corrected chi connectivity index (χ3v) is 7.62. The van der Waals surface area contributed by atoms with E-state index in [1.54, 1.807) is 0 Å². The van der Waals surface area contributed by atoms with Gasteiger partial charge in [0, 0.05) is 12.7 Å². The van der Waals surface area contributed by atoms with E-state index in [-0.39, 0.29) is 13.2 Å². The van der Waals surface area contributed by atoms with Gasteiger partial charge in [-0.15, -0.1) is 0 Å². The van der Waals surface area contributed by atoms with Crippen LogP contribution in [0.4, 0.5) is 0 Å². The molecule has 4 rings (SSSR count). The van der Waals surface area contributed by atoms with Crippen LogP contribution in [0.15, 0.2) is 73.3 Å². The summed E-state index contributed by atoms with van der Waals surface area (Å²) in [5.74, 6) is 1.15. The van der Waals surface area contributed by atoms with E-state index >= 15 is 0 Å². The Morgan fingerprint density at radius 2 is 1.64 bits per heavy atom. The van der Waals surface area contributed by atoms with Gasteiger partial charge >= 0.3 is 5.97 Å². The van der Waals surface area contributed by atoms with Crippen LogP contribution in [0.1, 0.15) is 67.2 Å². The molecule has 1 N–H and O–H groups in total. The van der Waals surface area contributed by atoms with E-state index in [0.29, 0.717) is 12.3 Å². The van der Waals surface area contributed by atoms with Crippen molar-refractivity contribution in [1.82, 2.24) is 0 Å². The molecule has 0 heterocycles. The largest absolute Gasteiger partial charge is 0.458 e. The van der Waals surface area contributed by atoms with Crippen LogP contribution in [0.3, 0.4) is 0 Å². The van der Waals surface area contributed by atoms with E-state index in [1.165, 1.54) is 54.0 Å². The van der Waals surface area contributed by atoms with E-state index in [2.05, 4.69) is 81.1 Å². The van der Waals surface area contributed by atoms with Crippen LogP contribution in [-0.4, -0.2) is 17.7 Å². The van der Waals surface area contributed by atoms with Crippen LogP contribution in [0.2, 0.25) is 0 Å². The quantitative estimate of drug-likeness (QED) is 0.250. The minimum atomic E-state index is -0.432. The zero-order valence-electron chi connectivity index (χ0n) is 21.6. The van der Waals surface area contributed by atoms with Crippen molar-refractivity contribution in [3.8, 4) is 22.3 Å². The van der Waals surface area contributed by atoms with Gasteiger partial charge in [-0.3, -0.25) is 0 Å². The summed E-state index contributed by atoms with van der Waals surface area (Å²) in [6.45, 7) is 8.33. The SMILES string of the molecule is C=CC(=O)OCc1cc(-c2ccc(-c3ccc(C4CCC(C)CC4)cc3)cc2C)ccc1CCCO. The van der Waals surface area contributed by atoms with Gasteiger partial charge in [0.25, 0.3) is 0 Å². The molecule has 0 spiro atoms. The summed E-state index contributed by atoms with van der Waals surface area (Å²) in [6, 6.07) is 22.1. The lowest BCUT2D eigenvalue weighted by Gasteiger charge is -2.26. The predicted octanol–water partition coefficient (Wildman–Crippen LogP) is 7.78. The van der Waals surface area contributed by atoms with Gasteiger partial charge in [0.15, 0.2) is 0 Å². The lowest BCUT2D eigenvalue weighted by atomic mass is 9.79. The molecule has 0 bridgehead atoms. The smallest absolute Gasteiger partial charge is 0.330 e. The van der Waals surface area contributed by atoms with Gasteiger partial charge in [-0.1, -0.05) is 80.9 Å². The molecule has 3 heteroatoms. The van der Waals surface area contributed by atoms with Crippen molar-refractivity contribution < 1.29 is 14.6 Å². The van der Waals surface area contributed by atoms with Crippen LogP contribution < -0.4 is 0 Å². The van der Waals surface area contributed by atoms with Gasteiger partial charge in [0.05, 0.1) is 0 Å². The van der Waals surface area contributed by atoms with Crippen LogP contribution in [-0.2, 0) is 22.6 Å². The molecule has 1 saturated carbocycles. The maximum absolute atomic E-state index is 11.6. The summed E-state index contributed by atoms with van der Waals surface area (Å²) < 4.78 is 5.33. The molecule has 3 aromatic rings. The van der Waals surface area contributed by atoms with E-state index < -0.39 is 5.97 Å². The molecule has 0 amide bonds. The van der Waals surface area contributed by atoms with Gasteiger partial charge in [-0.2, -0.15) is 0 Å². The fraction of sp³-hybridized carbons (Fsp3) is 0.364. The molecule has 1 aliphatic carbocycles. The van der Waals surface area contributed by atoms with E-state index in [0.717, 1.165) is 34.6 Å². The summed E-state index contributed by atoms with van der Waals surface area (Å²) in [5.41, 5.74) is 9.46. The zero-order chi connectivity index (χ0) is 25.5. The average Bonchev–Trinajstić information content (AvgIpc) is 2.91. The molecule has 0 saturated heterocycles. The van der Waals surface area contributed by atoms with Crippen LogP contribution in [0.25, 0.3) is 22.3 Å². The third kappa shape index (κ3) is 6.33. The van der Waals surface area contributed by atoms with Gasteiger partial charge in [0.1, 0.15) is 6.61 Å². The topological polar surface area (TPSA) is 46.5 Å². The lowest BCUT2D eigenvalue weighted by Crippen LogP contribution is -2.10. The van der Waals surface area contributed by atoms with E-state index in [4.69, 9.17) is 4.74 Å². The molecule has 188 valence electrons. The van der Waals surface area contributed by atoms with Crippen molar-refractivity contribution in [1.29, 1.82) is 0 Å². The number of rotatable bonds is 9. The van der Waals surface area contributed by atoms with Crippen molar-refractivity contribution in [2.24, 2.45) is 5.92 Å². The number of hydrogen-bond donors (Lipinski definition) is 1.